The maximum absolute atomic E-state index is 11.9. The van der Waals surface area contributed by atoms with Crippen LogP contribution in [0.1, 0.15) is 25.3 Å². The summed E-state index contributed by atoms with van der Waals surface area (Å²) in [4.78, 5) is 11.9. The van der Waals surface area contributed by atoms with Crippen molar-refractivity contribution in [3.05, 3.63) is 42.2 Å². The zero-order chi connectivity index (χ0) is 17.5. The highest BCUT2D eigenvalue weighted by molar-refractivity contribution is 5.88. The van der Waals surface area contributed by atoms with Gasteiger partial charge in [-0.15, -0.1) is 0 Å². The summed E-state index contributed by atoms with van der Waals surface area (Å²) in [6.07, 6.45) is 5.80. The van der Waals surface area contributed by atoms with Crippen LogP contribution in [0.2, 0.25) is 0 Å². The second-order valence-electron chi connectivity index (χ2n) is 5.98. The molecule has 0 bridgehead atoms. The predicted molar refractivity (Wildman–Crippen MR) is 94.7 cm³/mol. The average molecular weight is 344 g/mol. The Morgan fingerprint density at radius 3 is 2.92 bits per heavy atom. The van der Waals surface area contributed by atoms with E-state index in [9.17, 15) is 4.79 Å². The Balaban J connectivity index is 1.40. The molecule has 7 nitrogen and oxygen atoms in total. The molecule has 0 radical (unpaired) electrons. The first kappa shape index (κ1) is 17.3. The first-order valence-corrected chi connectivity index (χ1v) is 8.63. The van der Waals surface area contributed by atoms with Crippen LogP contribution in [-0.4, -0.2) is 35.1 Å². The largest absolute Gasteiger partial charge is 0.491 e. The molecule has 1 aromatic carbocycles. The summed E-state index contributed by atoms with van der Waals surface area (Å²) in [6.45, 7) is 4.63. The number of benzene rings is 1. The summed E-state index contributed by atoms with van der Waals surface area (Å²) in [7, 11) is 0. The second kappa shape index (κ2) is 8.53. The number of amides is 2. The van der Waals surface area contributed by atoms with Crippen molar-refractivity contribution in [2.45, 2.75) is 39.0 Å². The van der Waals surface area contributed by atoms with E-state index in [1.807, 2.05) is 31.2 Å². The van der Waals surface area contributed by atoms with Crippen LogP contribution in [0.5, 0.6) is 5.75 Å². The number of urea groups is 1. The number of rotatable bonds is 7. The molecule has 7 heteroatoms. The number of nitrogens with one attached hydrogen (secondary N) is 2. The Hall–Kier alpha value is -2.54. The zero-order valence-electron chi connectivity index (χ0n) is 14.4. The van der Waals surface area contributed by atoms with E-state index in [2.05, 4.69) is 15.7 Å². The van der Waals surface area contributed by atoms with E-state index in [0.29, 0.717) is 18.8 Å². The van der Waals surface area contributed by atoms with Gasteiger partial charge in [-0.25, -0.2) is 4.79 Å². The molecular formula is C18H24N4O3. The van der Waals surface area contributed by atoms with Gasteiger partial charge in [0.2, 0.25) is 0 Å². The Kier molecular flexibility index (Phi) is 5.90. The quantitative estimate of drug-likeness (QED) is 0.810. The van der Waals surface area contributed by atoms with Gasteiger partial charge in [0.1, 0.15) is 12.4 Å². The molecule has 1 aliphatic heterocycles. The standard InChI is InChI=1S/C18H24N4O3/c1-2-22-12-15(11-20-22)21-18(23)19-10-14-5-7-16(8-6-14)25-13-17-4-3-9-24-17/h5-8,11-12,17H,2-4,9-10,13H2,1H3,(H2,19,21,23). The van der Waals surface area contributed by atoms with Gasteiger partial charge in [0.25, 0.3) is 0 Å². The molecule has 1 atom stereocenters. The van der Waals surface area contributed by atoms with Gasteiger partial charge in [-0.05, 0) is 37.5 Å². The van der Waals surface area contributed by atoms with Gasteiger partial charge < -0.3 is 20.1 Å². The fourth-order valence-corrected chi connectivity index (χ4v) is 2.63. The number of aryl methyl sites for hydroxylation is 1. The van der Waals surface area contributed by atoms with E-state index >= 15 is 0 Å². The fourth-order valence-electron chi connectivity index (χ4n) is 2.63. The van der Waals surface area contributed by atoms with Gasteiger partial charge in [-0.2, -0.15) is 5.10 Å². The average Bonchev–Trinajstić information content (AvgIpc) is 3.30. The van der Waals surface area contributed by atoms with Crippen LogP contribution in [0.15, 0.2) is 36.7 Å². The summed E-state index contributed by atoms with van der Waals surface area (Å²) in [6, 6.07) is 7.46. The monoisotopic (exact) mass is 344 g/mol. The first-order chi connectivity index (χ1) is 12.2. The van der Waals surface area contributed by atoms with E-state index in [0.717, 1.165) is 37.3 Å². The lowest BCUT2D eigenvalue weighted by atomic mass is 10.2. The highest BCUT2D eigenvalue weighted by Gasteiger charge is 2.15. The van der Waals surface area contributed by atoms with Crippen molar-refractivity contribution in [1.29, 1.82) is 0 Å². The number of carbonyl (C=O) groups is 1. The van der Waals surface area contributed by atoms with Gasteiger partial charge in [0.15, 0.2) is 0 Å². The molecule has 134 valence electrons. The van der Waals surface area contributed by atoms with Gasteiger partial charge in [-0.3, -0.25) is 4.68 Å². The lowest BCUT2D eigenvalue weighted by Gasteiger charge is -2.12. The highest BCUT2D eigenvalue weighted by Crippen LogP contribution is 2.16. The third-order valence-electron chi connectivity index (χ3n) is 4.05. The number of nitrogens with zero attached hydrogens (tertiary/aromatic N) is 2. The Morgan fingerprint density at radius 2 is 2.24 bits per heavy atom. The highest BCUT2D eigenvalue weighted by atomic mass is 16.5. The molecule has 1 fully saturated rings. The number of hydrogen-bond acceptors (Lipinski definition) is 4. The summed E-state index contributed by atoms with van der Waals surface area (Å²) in [5.41, 5.74) is 1.68. The first-order valence-electron chi connectivity index (χ1n) is 8.63. The SMILES string of the molecule is CCn1cc(NC(=O)NCc2ccc(OCC3CCCO3)cc2)cn1. The van der Waals surface area contributed by atoms with Crippen LogP contribution in [-0.2, 0) is 17.8 Å². The molecule has 1 saturated heterocycles. The lowest BCUT2D eigenvalue weighted by molar-refractivity contribution is 0.0679. The Labute approximate surface area is 147 Å². The number of hydrogen-bond donors (Lipinski definition) is 2. The fraction of sp³-hybridized carbons (Fsp3) is 0.444. The van der Waals surface area contributed by atoms with Crippen molar-refractivity contribution >= 4 is 11.7 Å². The third-order valence-corrected chi connectivity index (χ3v) is 4.05. The molecule has 0 spiro atoms. The van der Waals surface area contributed by atoms with E-state index in [-0.39, 0.29) is 12.1 Å². The summed E-state index contributed by atoms with van der Waals surface area (Å²) in [5, 5.41) is 9.69. The van der Waals surface area contributed by atoms with Gasteiger partial charge in [0, 0.05) is 25.9 Å². The molecular weight excluding hydrogens is 320 g/mol. The van der Waals surface area contributed by atoms with Crippen LogP contribution in [0.4, 0.5) is 10.5 Å². The van der Waals surface area contributed by atoms with E-state index in [1.54, 1.807) is 17.1 Å². The van der Waals surface area contributed by atoms with Crippen molar-refractivity contribution in [1.82, 2.24) is 15.1 Å². The van der Waals surface area contributed by atoms with Gasteiger partial charge in [0.05, 0.1) is 18.0 Å². The molecule has 0 aliphatic carbocycles. The van der Waals surface area contributed by atoms with E-state index < -0.39 is 0 Å². The van der Waals surface area contributed by atoms with Gasteiger partial charge in [-0.1, -0.05) is 12.1 Å². The number of ether oxygens (including phenoxy) is 2. The Bertz CT molecular complexity index is 678. The summed E-state index contributed by atoms with van der Waals surface area (Å²) in [5.74, 6) is 0.815. The normalized spacial score (nSPS) is 16.6. The predicted octanol–water partition coefficient (Wildman–Crippen LogP) is 2.78. The number of anilines is 1. The second-order valence-corrected chi connectivity index (χ2v) is 5.98. The maximum atomic E-state index is 11.9. The van der Waals surface area contributed by atoms with Crippen molar-refractivity contribution in [2.75, 3.05) is 18.5 Å². The smallest absolute Gasteiger partial charge is 0.319 e. The summed E-state index contributed by atoms with van der Waals surface area (Å²) < 4.78 is 13.0. The molecule has 1 aliphatic rings. The van der Waals surface area contributed by atoms with Crippen LogP contribution in [0.3, 0.4) is 0 Å². The van der Waals surface area contributed by atoms with Crippen LogP contribution in [0.25, 0.3) is 0 Å². The Morgan fingerprint density at radius 1 is 1.40 bits per heavy atom. The molecule has 25 heavy (non-hydrogen) atoms. The van der Waals surface area contributed by atoms with E-state index in [4.69, 9.17) is 9.47 Å². The molecule has 0 saturated carbocycles. The maximum Gasteiger partial charge on any atom is 0.319 e. The van der Waals surface area contributed by atoms with Crippen LogP contribution < -0.4 is 15.4 Å². The van der Waals surface area contributed by atoms with Gasteiger partial charge >= 0.3 is 6.03 Å². The minimum atomic E-state index is -0.255. The topological polar surface area (TPSA) is 77.4 Å². The molecule has 2 heterocycles. The third kappa shape index (κ3) is 5.22. The van der Waals surface area contributed by atoms with Crippen molar-refractivity contribution < 1.29 is 14.3 Å². The molecule has 2 N–H and O–H groups in total. The molecule has 1 aromatic heterocycles. The van der Waals surface area contributed by atoms with Crippen molar-refractivity contribution in [3.63, 3.8) is 0 Å². The molecule has 1 unspecified atom stereocenters. The zero-order valence-corrected chi connectivity index (χ0v) is 14.4. The summed E-state index contributed by atoms with van der Waals surface area (Å²) >= 11 is 0. The van der Waals surface area contributed by atoms with Crippen LogP contribution >= 0.6 is 0 Å². The molecule has 2 aromatic rings. The van der Waals surface area contributed by atoms with E-state index in [1.165, 1.54) is 0 Å². The van der Waals surface area contributed by atoms with Crippen molar-refractivity contribution in [2.24, 2.45) is 0 Å². The molecule has 3 rings (SSSR count). The number of carbonyl (C=O) groups excluding carboxylic acids is 1. The number of aromatic nitrogens is 2. The van der Waals surface area contributed by atoms with Crippen LogP contribution in [0, 0.1) is 0 Å². The molecule has 2 amide bonds. The van der Waals surface area contributed by atoms with Crippen molar-refractivity contribution in [3.8, 4) is 5.75 Å². The minimum absolute atomic E-state index is 0.210. The minimum Gasteiger partial charge on any atom is -0.491 e. The lowest BCUT2D eigenvalue weighted by Crippen LogP contribution is -2.28.